The molecule has 1 aliphatic rings. The highest BCUT2D eigenvalue weighted by Crippen LogP contribution is 2.39. The predicted octanol–water partition coefficient (Wildman–Crippen LogP) is 4.65. The van der Waals surface area contributed by atoms with Gasteiger partial charge in [-0.25, -0.2) is 9.80 Å². The van der Waals surface area contributed by atoms with E-state index in [9.17, 15) is 0 Å². The SMILES string of the molecule is COc1cccc(N2CN(C(Cl)(Cl)Cl)CN(C(Cl)(Cl)Cl)C2)c1. The van der Waals surface area contributed by atoms with Gasteiger partial charge in [-0.2, -0.15) is 0 Å². The zero-order chi connectivity index (χ0) is 16.5. The summed E-state index contributed by atoms with van der Waals surface area (Å²) in [5, 5.41) is 0. The van der Waals surface area contributed by atoms with E-state index < -0.39 is 7.83 Å². The van der Waals surface area contributed by atoms with E-state index in [4.69, 9.17) is 74.3 Å². The summed E-state index contributed by atoms with van der Waals surface area (Å²) >= 11 is 35.9. The van der Waals surface area contributed by atoms with Gasteiger partial charge in [0.15, 0.2) is 0 Å². The first-order valence-electron chi connectivity index (χ1n) is 6.14. The lowest BCUT2D eigenvalue weighted by atomic mass is 10.2. The van der Waals surface area contributed by atoms with Crippen molar-refractivity contribution >= 4 is 75.3 Å². The number of nitrogens with zero attached hydrogens (tertiary/aromatic N) is 3. The quantitative estimate of drug-likeness (QED) is 0.505. The first-order chi connectivity index (χ1) is 10.1. The molecule has 0 aromatic heterocycles. The third kappa shape index (κ3) is 4.74. The standard InChI is InChI=1S/C12H13Cl6N3O/c1-22-10-4-2-3-9(5-10)19-6-20(11(13,14)15)8-21(7-19)12(16,17)18/h2-5H,6-8H2,1H3. The molecule has 1 saturated heterocycles. The Bertz CT molecular complexity index is 496. The van der Waals surface area contributed by atoms with Gasteiger partial charge < -0.3 is 9.64 Å². The minimum absolute atomic E-state index is 0.202. The van der Waals surface area contributed by atoms with E-state index in [1.807, 2.05) is 29.2 Å². The number of ether oxygens (including phenoxy) is 1. The molecular formula is C12H13Cl6N3O. The fourth-order valence-corrected chi connectivity index (χ4v) is 2.68. The Morgan fingerprint density at radius 3 is 1.91 bits per heavy atom. The molecular weight excluding hydrogens is 415 g/mol. The molecule has 1 aliphatic heterocycles. The van der Waals surface area contributed by atoms with E-state index in [-0.39, 0.29) is 6.67 Å². The Morgan fingerprint density at radius 2 is 1.45 bits per heavy atom. The number of hydrogen-bond donors (Lipinski definition) is 0. The second kappa shape index (κ2) is 7.16. The zero-order valence-corrected chi connectivity index (χ0v) is 16.0. The molecule has 2 rings (SSSR count). The second-order valence-electron chi connectivity index (χ2n) is 4.68. The maximum Gasteiger partial charge on any atom is 0.250 e. The van der Waals surface area contributed by atoms with Gasteiger partial charge in [-0.1, -0.05) is 75.7 Å². The summed E-state index contributed by atoms with van der Waals surface area (Å²) in [5.74, 6) is 0.712. The van der Waals surface area contributed by atoms with E-state index in [0.29, 0.717) is 19.1 Å². The van der Waals surface area contributed by atoms with Crippen LogP contribution in [0.2, 0.25) is 0 Å². The fraction of sp³-hybridized carbons (Fsp3) is 0.500. The molecule has 0 amide bonds. The molecule has 124 valence electrons. The first kappa shape index (κ1) is 18.8. The number of anilines is 1. The molecule has 1 aromatic carbocycles. The van der Waals surface area contributed by atoms with Crippen LogP contribution in [0.3, 0.4) is 0 Å². The summed E-state index contributed by atoms with van der Waals surface area (Å²) < 4.78 is 1.98. The summed E-state index contributed by atoms with van der Waals surface area (Å²) in [6, 6.07) is 7.47. The molecule has 1 aromatic rings. The third-order valence-corrected chi connectivity index (χ3v) is 4.59. The van der Waals surface area contributed by atoms with Crippen molar-refractivity contribution in [1.29, 1.82) is 0 Å². The van der Waals surface area contributed by atoms with Crippen LogP contribution in [0.15, 0.2) is 24.3 Å². The van der Waals surface area contributed by atoms with Gasteiger partial charge in [0.25, 0.3) is 0 Å². The largest absolute Gasteiger partial charge is 0.497 e. The average Bonchev–Trinajstić information content (AvgIpc) is 2.45. The summed E-state index contributed by atoms with van der Waals surface area (Å²) in [4.78, 5) is 5.03. The smallest absolute Gasteiger partial charge is 0.250 e. The lowest BCUT2D eigenvalue weighted by Gasteiger charge is -2.47. The van der Waals surface area contributed by atoms with Crippen molar-refractivity contribution in [2.24, 2.45) is 0 Å². The molecule has 0 unspecified atom stereocenters. The van der Waals surface area contributed by atoms with Crippen LogP contribution < -0.4 is 9.64 Å². The van der Waals surface area contributed by atoms with Crippen LogP contribution in [0, 0.1) is 0 Å². The van der Waals surface area contributed by atoms with Gasteiger partial charge >= 0.3 is 0 Å². The number of rotatable bonds is 2. The summed E-state index contributed by atoms with van der Waals surface area (Å²) in [6.07, 6.45) is 0. The maximum atomic E-state index is 5.99. The highest BCUT2D eigenvalue weighted by Gasteiger charge is 2.42. The summed E-state index contributed by atoms with van der Waals surface area (Å²) in [6.45, 7) is 0.926. The molecule has 0 aliphatic carbocycles. The minimum Gasteiger partial charge on any atom is -0.497 e. The minimum atomic E-state index is -1.62. The monoisotopic (exact) mass is 425 g/mol. The van der Waals surface area contributed by atoms with Crippen molar-refractivity contribution in [3.05, 3.63) is 24.3 Å². The summed E-state index contributed by atoms with van der Waals surface area (Å²) in [5.41, 5.74) is 0.859. The van der Waals surface area contributed by atoms with Crippen LogP contribution in [0.1, 0.15) is 0 Å². The average molecular weight is 428 g/mol. The van der Waals surface area contributed by atoms with Crippen LogP contribution in [0.25, 0.3) is 0 Å². The maximum absolute atomic E-state index is 5.99. The Morgan fingerprint density at radius 1 is 0.909 bits per heavy atom. The van der Waals surface area contributed by atoms with Crippen LogP contribution >= 0.6 is 69.6 Å². The second-order valence-corrected chi connectivity index (χ2v) is 9.12. The van der Waals surface area contributed by atoms with Crippen molar-refractivity contribution in [2.75, 3.05) is 32.0 Å². The molecule has 0 spiro atoms. The van der Waals surface area contributed by atoms with Gasteiger partial charge in [0.2, 0.25) is 7.83 Å². The number of alkyl halides is 6. The van der Waals surface area contributed by atoms with Gasteiger partial charge in [-0.05, 0) is 12.1 Å². The van der Waals surface area contributed by atoms with Crippen molar-refractivity contribution in [1.82, 2.24) is 9.80 Å². The Kier molecular flexibility index (Phi) is 6.12. The molecule has 0 atom stereocenters. The molecule has 0 N–H and O–H groups in total. The number of hydrogen-bond acceptors (Lipinski definition) is 4. The van der Waals surface area contributed by atoms with Crippen LogP contribution in [-0.4, -0.2) is 44.7 Å². The Balaban J connectivity index is 2.29. The van der Waals surface area contributed by atoms with Crippen molar-refractivity contribution < 1.29 is 4.74 Å². The highest BCUT2D eigenvalue weighted by atomic mass is 35.6. The van der Waals surface area contributed by atoms with Gasteiger partial charge in [0.05, 0.1) is 27.1 Å². The molecule has 1 heterocycles. The third-order valence-electron chi connectivity index (χ3n) is 3.16. The predicted molar refractivity (Wildman–Crippen MR) is 94.3 cm³/mol. The number of benzene rings is 1. The van der Waals surface area contributed by atoms with Crippen LogP contribution in [0.5, 0.6) is 5.75 Å². The van der Waals surface area contributed by atoms with E-state index in [2.05, 4.69) is 0 Å². The molecule has 10 heteroatoms. The van der Waals surface area contributed by atoms with E-state index in [1.54, 1.807) is 16.9 Å². The normalized spacial score (nSPS) is 18.6. The van der Waals surface area contributed by atoms with Crippen LogP contribution in [0.4, 0.5) is 5.69 Å². The molecule has 22 heavy (non-hydrogen) atoms. The molecule has 0 radical (unpaired) electrons. The fourth-order valence-electron chi connectivity index (χ4n) is 2.04. The lowest BCUT2D eigenvalue weighted by Crippen LogP contribution is -2.61. The zero-order valence-electron chi connectivity index (χ0n) is 11.4. The lowest BCUT2D eigenvalue weighted by molar-refractivity contribution is 0.0831. The molecule has 4 nitrogen and oxygen atoms in total. The number of halogens is 6. The van der Waals surface area contributed by atoms with E-state index in [1.165, 1.54) is 0 Å². The highest BCUT2D eigenvalue weighted by molar-refractivity contribution is 6.67. The van der Waals surface area contributed by atoms with E-state index >= 15 is 0 Å². The van der Waals surface area contributed by atoms with E-state index in [0.717, 1.165) is 5.69 Å². The van der Waals surface area contributed by atoms with Gasteiger partial charge in [-0.3, -0.25) is 0 Å². The van der Waals surface area contributed by atoms with Gasteiger partial charge in [-0.15, -0.1) is 0 Å². The Labute approximate surface area is 159 Å². The summed E-state index contributed by atoms with van der Waals surface area (Å²) in [7, 11) is 1.59. The van der Waals surface area contributed by atoms with Crippen LogP contribution in [-0.2, 0) is 0 Å². The molecule has 1 fully saturated rings. The van der Waals surface area contributed by atoms with Crippen molar-refractivity contribution in [3.8, 4) is 5.75 Å². The first-order valence-corrected chi connectivity index (χ1v) is 8.40. The van der Waals surface area contributed by atoms with Crippen molar-refractivity contribution in [2.45, 2.75) is 7.83 Å². The van der Waals surface area contributed by atoms with Gasteiger partial charge in [0.1, 0.15) is 5.75 Å². The molecule has 0 bridgehead atoms. The van der Waals surface area contributed by atoms with Crippen molar-refractivity contribution in [3.63, 3.8) is 0 Å². The van der Waals surface area contributed by atoms with Gasteiger partial charge in [0, 0.05) is 11.8 Å². The number of methoxy groups -OCH3 is 1. The topological polar surface area (TPSA) is 19.0 Å². The Hall–Kier alpha value is 0.480. The molecule has 0 saturated carbocycles.